The van der Waals surface area contributed by atoms with Crippen LogP contribution < -0.4 is 0 Å². The van der Waals surface area contributed by atoms with Crippen LogP contribution in [0.15, 0.2) is 48.8 Å². The molecular weight excluding hydrogens is 734 g/mol. The molecular formula is C48H91NO7P+. The normalized spacial score (nSPS) is 14.1. The molecule has 0 rings (SSSR count). The smallest absolute Gasteiger partial charge is 0.472 e. The highest BCUT2D eigenvalue weighted by Gasteiger charge is 2.25. The monoisotopic (exact) mass is 825 g/mol. The van der Waals surface area contributed by atoms with Gasteiger partial charge in [-0.25, -0.2) is 4.57 Å². The van der Waals surface area contributed by atoms with Crippen molar-refractivity contribution in [3.8, 4) is 0 Å². The zero-order chi connectivity index (χ0) is 42.0. The molecule has 57 heavy (non-hydrogen) atoms. The molecule has 0 bridgehead atoms. The van der Waals surface area contributed by atoms with Gasteiger partial charge < -0.3 is 18.9 Å². The van der Waals surface area contributed by atoms with E-state index in [0.29, 0.717) is 17.4 Å². The summed E-state index contributed by atoms with van der Waals surface area (Å²) in [6.45, 7) is 4.87. The van der Waals surface area contributed by atoms with E-state index in [9.17, 15) is 14.3 Å². The van der Waals surface area contributed by atoms with Crippen molar-refractivity contribution in [1.29, 1.82) is 0 Å². The van der Waals surface area contributed by atoms with Crippen molar-refractivity contribution in [3.63, 3.8) is 0 Å². The Kier molecular flexibility index (Phi) is 39.8. The highest BCUT2D eigenvalue weighted by molar-refractivity contribution is 7.47. The Hall–Kier alpha value is -1.70. The molecule has 9 heteroatoms. The third-order valence-electron chi connectivity index (χ3n) is 9.95. The number of unbranched alkanes of at least 4 members (excludes halogenated alkanes) is 23. The second-order valence-electron chi connectivity index (χ2n) is 16.8. The molecule has 0 spiro atoms. The van der Waals surface area contributed by atoms with E-state index in [-0.39, 0.29) is 25.8 Å². The summed E-state index contributed by atoms with van der Waals surface area (Å²) in [5.74, 6) is -0.284. The Balaban J connectivity index is 4.25. The number of allylic oxidation sites excluding steroid dienone is 7. The van der Waals surface area contributed by atoms with E-state index in [1.165, 1.54) is 128 Å². The number of nitrogens with zero attached hydrogens (tertiary/aromatic N) is 1. The SMILES string of the molecule is CCCCC/C=C\C/C=C\CCCCCCCCCCCC(=O)OCC(COP(=O)(O)OCC[N+](C)(C)C)O/C=C\CCCCCC/C=C\CCCCCCCC. The zero-order valence-corrected chi connectivity index (χ0v) is 38.7. The Morgan fingerprint density at radius 1 is 0.561 bits per heavy atom. The number of esters is 1. The molecule has 0 amide bonds. The van der Waals surface area contributed by atoms with Crippen LogP contribution in [0.2, 0.25) is 0 Å². The first-order chi connectivity index (χ1) is 27.6. The Bertz CT molecular complexity index is 1050. The molecule has 2 atom stereocenters. The van der Waals surface area contributed by atoms with Gasteiger partial charge in [-0.1, -0.05) is 153 Å². The number of ether oxygens (including phenoxy) is 2. The van der Waals surface area contributed by atoms with Crippen molar-refractivity contribution in [2.45, 2.75) is 206 Å². The molecule has 8 nitrogen and oxygen atoms in total. The number of rotatable bonds is 43. The van der Waals surface area contributed by atoms with Crippen LogP contribution >= 0.6 is 7.82 Å². The lowest BCUT2D eigenvalue weighted by atomic mass is 10.1. The number of likely N-dealkylation sites (N-methyl/N-ethyl adjacent to an activating group) is 1. The molecule has 0 aliphatic rings. The van der Waals surface area contributed by atoms with Crippen molar-refractivity contribution >= 4 is 13.8 Å². The van der Waals surface area contributed by atoms with Crippen LogP contribution in [-0.2, 0) is 27.9 Å². The molecule has 1 N–H and O–H groups in total. The average Bonchev–Trinajstić information content (AvgIpc) is 3.17. The van der Waals surface area contributed by atoms with Gasteiger partial charge in [0.15, 0.2) is 6.10 Å². The number of carbonyl (C=O) groups excluding carboxylic acids is 1. The van der Waals surface area contributed by atoms with Gasteiger partial charge in [-0.05, 0) is 83.1 Å². The molecule has 0 heterocycles. The number of hydrogen-bond acceptors (Lipinski definition) is 6. The summed E-state index contributed by atoms with van der Waals surface area (Å²) < 4.78 is 34.8. The van der Waals surface area contributed by atoms with Crippen LogP contribution in [-0.4, -0.2) is 69.0 Å². The van der Waals surface area contributed by atoms with Crippen LogP contribution in [0.25, 0.3) is 0 Å². The highest BCUT2D eigenvalue weighted by atomic mass is 31.2. The van der Waals surface area contributed by atoms with Gasteiger partial charge >= 0.3 is 13.8 Å². The van der Waals surface area contributed by atoms with E-state index >= 15 is 0 Å². The lowest BCUT2D eigenvalue weighted by molar-refractivity contribution is -0.870. The maximum absolute atomic E-state index is 12.5. The Labute approximate surface area is 352 Å². The van der Waals surface area contributed by atoms with E-state index in [0.717, 1.165) is 51.4 Å². The number of phosphoric acid groups is 1. The van der Waals surface area contributed by atoms with Gasteiger partial charge in [-0.2, -0.15) is 0 Å². The molecule has 0 aromatic rings. The minimum absolute atomic E-state index is 0.0552. The van der Waals surface area contributed by atoms with E-state index in [4.69, 9.17) is 18.5 Å². The number of quaternary nitrogens is 1. The predicted octanol–water partition coefficient (Wildman–Crippen LogP) is 14.3. The fourth-order valence-corrected chi connectivity index (χ4v) is 6.95. The molecule has 2 unspecified atom stereocenters. The maximum Gasteiger partial charge on any atom is 0.472 e. The van der Waals surface area contributed by atoms with Crippen molar-refractivity contribution in [2.24, 2.45) is 0 Å². The summed E-state index contributed by atoms with van der Waals surface area (Å²) in [6.07, 6.45) is 51.0. The zero-order valence-electron chi connectivity index (χ0n) is 37.8. The summed E-state index contributed by atoms with van der Waals surface area (Å²) in [6, 6.07) is 0. The van der Waals surface area contributed by atoms with Crippen LogP contribution in [0.1, 0.15) is 200 Å². The Morgan fingerprint density at radius 2 is 0.982 bits per heavy atom. The van der Waals surface area contributed by atoms with Gasteiger partial charge in [0.25, 0.3) is 0 Å². The molecule has 0 aromatic heterocycles. The van der Waals surface area contributed by atoms with Crippen molar-refractivity contribution in [2.75, 3.05) is 47.5 Å². The minimum Gasteiger partial charge on any atom is -0.492 e. The highest BCUT2D eigenvalue weighted by Crippen LogP contribution is 2.43. The number of phosphoric ester groups is 1. The fourth-order valence-electron chi connectivity index (χ4n) is 6.21. The van der Waals surface area contributed by atoms with Gasteiger partial charge in [0.2, 0.25) is 0 Å². The first-order valence-electron chi connectivity index (χ1n) is 23.4. The minimum atomic E-state index is -4.27. The predicted molar refractivity (Wildman–Crippen MR) is 242 cm³/mol. The topological polar surface area (TPSA) is 91.3 Å². The molecule has 0 aromatic carbocycles. The first kappa shape index (κ1) is 55.3. The standard InChI is InChI=1S/C48H90NO7P/c1-6-8-10-12-14-16-18-20-22-24-25-26-27-29-31-33-35-37-39-41-48(50)54-45-47(46-56-57(51,52)55-44-42-49(3,4)5)53-43-40-38-36-34-32-30-28-23-21-19-17-15-13-11-9-7-2/h14,16,20-23,40,43,47H,6-13,15,17-19,24-39,41-42,44-46H2,1-5H3/p+1/b16-14-,22-20-,23-21-,43-40-. The average molecular weight is 825 g/mol. The summed E-state index contributed by atoms with van der Waals surface area (Å²) in [7, 11) is 1.66. The molecule has 0 saturated heterocycles. The first-order valence-corrected chi connectivity index (χ1v) is 24.9. The second kappa shape index (κ2) is 41.1. The summed E-state index contributed by atoms with van der Waals surface area (Å²) >= 11 is 0. The van der Waals surface area contributed by atoms with Gasteiger partial charge in [-0.15, -0.1) is 0 Å². The van der Waals surface area contributed by atoms with Crippen LogP contribution in [0, 0.1) is 0 Å². The van der Waals surface area contributed by atoms with Crippen molar-refractivity contribution < 1.29 is 37.3 Å². The summed E-state index contributed by atoms with van der Waals surface area (Å²) in [5, 5.41) is 0. The summed E-state index contributed by atoms with van der Waals surface area (Å²) in [5.41, 5.74) is 0. The van der Waals surface area contributed by atoms with E-state index in [1.807, 2.05) is 27.2 Å². The van der Waals surface area contributed by atoms with Gasteiger partial charge in [0.05, 0.1) is 34.0 Å². The van der Waals surface area contributed by atoms with Gasteiger partial charge in [-0.3, -0.25) is 13.8 Å². The van der Waals surface area contributed by atoms with Crippen molar-refractivity contribution in [3.05, 3.63) is 48.8 Å². The van der Waals surface area contributed by atoms with Crippen LogP contribution in [0.5, 0.6) is 0 Å². The molecule has 0 aliphatic carbocycles. The lowest BCUT2D eigenvalue weighted by Crippen LogP contribution is -2.37. The molecule has 0 radical (unpaired) electrons. The van der Waals surface area contributed by atoms with Crippen LogP contribution in [0.3, 0.4) is 0 Å². The van der Waals surface area contributed by atoms with E-state index < -0.39 is 13.9 Å². The number of carbonyl (C=O) groups is 1. The summed E-state index contributed by atoms with van der Waals surface area (Å²) in [4.78, 5) is 22.7. The largest absolute Gasteiger partial charge is 0.492 e. The molecule has 0 aliphatic heterocycles. The Morgan fingerprint density at radius 3 is 1.49 bits per heavy atom. The molecule has 0 saturated carbocycles. The van der Waals surface area contributed by atoms with E-state index in [2.05, 4.69) is 50.3 Å². The maximum atomic E-state index is 12.5. The third kappa shape index (κ3) is 45.2. The van der Waals surface area contributed by atoms with E-state index in [1.54, 1.807) is 6.26 Å². The van der Waals surface area contributed by atoms with Crippen LogP contribution in [0.4, 0.5) is 0 Å². The number of hydrogen-bond donors (Lipinski definition) is 1. The third-order valence-corrected chi connectivity index (χ3v) is 10.9. The van der Waals surface area contributed by atoms with Gasteiger partial charge in [0.1, 0.15) is 19.8 Å². The second-order valence-corrected chi connectivity index (χ2v) is 18.3. The molecule has 0 fully saturated rings. The fraction of sp³-hybridized carbons (Fsp3) is 0.812. The molecule has 334 valence electrons. The van der Waals surface area contributed by atoms with Crippen molar-refractivity contribution in [1.82, 2.24) is 0 Å². The quantitative estimate of drug-likeness (QED) is 0.0163. The van der Waals surface area contributed by atoms with Gasteiger partial charge in [0, 0.05) is 6.42 Å². The lowest BCUT2D eigenvalue weighted by Gasteiger charge is -2.24.